The summed E-state index contributed by atoms with van der Waals surface area (Å²) in [6.45, 7) is 10.7. The molecule has 1 atom stereocenters. The van der Waals surface area contributed by atoms with Crippen molar-refractivity contribution in [2.45, 2.75) is 53.0 Å². The molecule has 0 unspecified atom stereocenters. The maximum Gasteiger partial charge on any atom is 0.135 e. The molecule has 0 aliphatic heterocycles. The van der Waals surface area contributed by atoms with E-state index >= 15 is 0 Å². The lowest BCUT2D eigenvalue weighted by atomic mass is 10.0. The zero-order valence-electron chi connectivity index (χ0n) is 17.2. The van der Waals surface area contributed by atoms with E-state index in [0.717, 1.165) is 51.4 Å². The number of nitrogens with one attached hydrogen (secondary N) is 1. The molecule has 0 amide bonds. The number of nitrogens with zero attached hydrogens (tertiary/aromatic N) is 3. The average Bonchev–Trinajstić information content (AvgIpc) is 2.97. The lowest BCUT2D eigenvalue weighted by molar-refractivity contribution is 0.227. The molecule has 3 aromatic heterocycles. The monoisotopic (exact) mass is 366 g/mol. The van der Waals surface area contributed by atoms with E-state index < -0.39 is 0 Å². The molecule has 0 aliphatic rings. The first-order valence-corrected chi connectivity index (χ1v) is 9.69. The van der Waals surface area contributed by atoms with Crippen LogP contribution in [-0.4, -0.2) is 33.3 Å². The Hall–Kier alpha value is -2.40. The Morgan fingerprint density at radius 3 is 2.48 bits per heavy atom. The normalized spacial score (nSPS) is 12.7. The first-order chi connectivity index (χ1) is 12.9. The summed E-state index contributed by atoms with van der Waals surface area (Å²) < 4.78 is 2.16. The highest BCUT2D eigenvalue weighted by molar-refractivity contribution is 5.86. The van der Waals surface area contributed by atoms with Gasteiger partial charge in [-0.3, -0.25) is 0 Å². The molecule has 0 radical (unpaired) electrons. The second-order valence-electron chi connectivity index (χ2n) is 7.52. The Morgan fingerprint density at radius 2 is 1.89 bits per heavy atom. The van der Waals surface area contributed by atoms with Gasteiger partial charge in [0, 0.05) is 24.5 Å². The Labute approximate surface area is 161 Å². The molecule has 0 spiro atoms. The van der Waals surface area contributed by atoms with Gasteiger partial charge in [0.2, 0.25) is 0 Å². The first-order valence-electron chi connectivity index (χ1n) is 9.69. The molecule has 2 N–H and O–H groups in total. The van der Waals surface area contributed by atoms with E-state index in [0.29, 0.717) is 5.92 Å². The van der Waals surface area contributed by atoms with Gasteiger partial charge in [-0.1, -0.05) is 20.8 Å². The van der Waals surface area contributed by atoms with Gasteiger partial charge in [-0.2, -0.15) is 0 Å². The van der Waals surface area contributed by atoms with E-state index in [1.807, 2.05) is 7.05 Å². The van der Waals surface area contributed by atoms with Gasteiger partial charge in [-0.15, -0.1) is 0 Å². The van der Waals surface area contributed by atoms with Crippen molar-refractivity contribution in [2.75, 3.05) is 19.0 Å². The number of aliphatic hydroxyl groups excluding tert-OH is 1. The summed E-state index contributed by atoms with van der Waals surface area (Å²) in [5.74, 6) is 1.23. The third-order valence-electron chi connectivity index (χ3n) is 5.25. The molecule has 0 aromatic carbocycles. The van der Waals surface area contributed by atoms with Gasteiger partial charge in [-0.25, -0.2) is 9.97 Å². The Bertz CT molecular complexity index is 955. The fraction of sp³-hybridized carbons (Fsp3) is 0.455. The molecular formula is C22H30N4O. The molecule has 3 heterocycles. The van der Waals surface area contributed by atoms with Crippen LogP contribution < -0.4 is 5.32 Å². The van der Waals surface area contributed by atoms with Gasteiger partial charge in [-0.05, 0) is 55.5 Å². The maximum atomic E-state index is 9.73. The van der Waals surface area contributed by atoms with Crippen molar-refractivity contribution < 1.29 is 5.11 Å². The van der Waals surface area contributed by atoms with Crippen molar-refractivity contribution >= 4 is 16.9 Å². The topological polar surface area (TPSA) is 63.0 Å². The fourth-order valence-corrected chi connectivity index (χ4v) is 3.59. The van der Waals surface area contributed by atoms with Gasteiger partial charge in [0.05, 0.1) is 29.4 Å². The molecule has 5 heteroatoms. The summed E-state index contributed by atoms with van der Waals surface area (Å²) in [7, 11) is 1.90. The molecule has 3 aromatic rings. The predicted octanol–water partition coefficient (Wildman–Crippen LogP) is 4.82. The zero-order chi connectivity index (χ0) is 19.7. The number of anilines is 1. The van der Waals surface area contributed by atoms with E-state index in [1.165, 1.54) is 0 Å². The summed E-state index contributed by atoms with van der Waals surface area (Å²) in [5, 5.41) is 13.0. The van der Waals surface area contributed by atoms with Crippen molar-refractivity contribution in [3.05, 3.63) is 41.2 Å². The third kappa shape index (κ3) is 3.44. The Kier molecular flexibility index (Phi) is 5.51. The Balaban J connectivity index is 2.20. The SMILES string of the molecule is CC[C@H](CO)n1cc(C)c2nc(-c3ccc(C(C)C)nc3NC)c(C)cc21. The molecule has 0 saturated carbocycles. The van der Waals surface area contributed by atoms with Crippen molar-refractivity contribution in [1.29, 1.82) is 0 Å². The van der Waals surface area contributed by atoms with E-state index in [2.05, 4.69) is 68.9 Å². The molecular weight excluding hydrogens is 336 g/mol. The molecule has 144 valence electrons. The number of rotatable bonds is 6. The van der Waals surface area contributed by atoms with Crippen molar-refractivity contribution in [2.24, 2.45) is 0 Å². The Morgan fingerprint density at radius 1 is 1.15 bits per heavy atom. The van der Waals surface area contributed by atoms with Crippen LogP contribution in [0.15, 0.2) is 24.4 Å². The van der Waals surface area contributed by atoms with Crippen molar-refractivity contribution in [1.82, 2.24) is 14.5 Å². The zero-order valence-corrected chi connectivity index (χ0v) is 17.2. The average molecular weight is 367 g/mol. The minimum Gasteiger partial charge on any atom is -0.394 e. The lowest BCUT2D eigenvalue weighted by Crippen LogP contribution is -2.11. The quantitative estimate of drug-likeness (QED) is 0.656. The van der Waals surface area contributed by atoms with Crippen LogP contribution in [0.25, 0.3) is 22.3 Å². The number of fused-ring (bicyclic) bond motifs is 1. The number of aromatic nitrogens is 3. The smallest absolute Gasteiger partial charge is 0.135 e. The van der Waals surface area contributed by atoms with Gasteiger partial charge in [0.1, 0.15) is 5.82 Å². The van der Waals surface area contributed by atoms with Crippen LogP contribution in [0.3, 0.4) is 0 Å². The number of hydrogen-bond acceptors (Lipinski definition) is 4. The third-order valence-corrected chi connectivity index (χ3v) is 5.25. The molecule has 27 heavy (non-hydrogen) atoms. The predicted molar refractivity (Wildman–Crippen MR) is 112 cm³/mol. The summed E-state index contributed by atoms with van der Waals surface area (Å²) in [6, 6.07) is 6.46. The molecule has 5 nitrogen and oxygen atoms in total. The molecule has 3 rings (SSSR count). The van der Waals surface area contributed by atoms with Crippen LogP contribution in [0.4, 0.5) is 5.82 Å². The van der Waals surface area contributed by atoms with Crippen LogP contribution in [0.2, 0.25) is 0 Å². The van der Waals surface area contributed by atoms with Crippen LogP contribution in [0.5, 0.6) is 0 Å². The van der Waals surface area contributed by atoms with Gasteiger partial charge in [0.25, 0.3) is 0 Å². The lowest BCUT2D eigenvalue weighted by Gasteiger charge is -2.17. The van der Waals surface area contributed by atoms with Crippen molar-refractivity contribution in [3.63, 3.8) is 0 Å². The highest BCUT2D eigenvalue weighted by Gasteiger charge is 2.18. The number of aryl methyl sites for hydroxylation is 2. The van der Waals surface area contributed by atoms with Crippen LogP contribution in [-0.2, 0) is 0 Å². The van der Waals surface area contributed by atoms with Gasteiger partial charge >= 0.3 is 0 Å². The summed E-state index contributed by atoms with van der Waals surface area (Å²) >= 11 is 0. The van der Waals surface area contributed by atoms with E-state index in [-0.39, 0.29) is 12.6 Å². The number of hydrogen-bond donors (Lipinski definition) is 2. The highest BCUT2D eigenvalue weighted by Crippen LogP contribution is 2.33. The molecule has 0 saturated heterocycles. The summed E-state index contributed by atoms with van der Waals surface area (Å²) in [5.41, 5.74) is 7.32. The molecule has 0 bridgehead atoms. The van der Waals surface area contributed by atoms with Crippen LogP contribution in [0, 0.1) is 13.8 Å². The minimum absolute atomic E-state index is 0.0770. The van der Waals surface area contributed by atoms with Crippen LogP contribution in [0.1, 0.15) is 56.0 Å². The number of pyridine rings is 2. The van der Waals surface area contributed by atoms with E-state index in [4.69, 9.17) is 9.97 Å². The standard InChI is InChI=1S/C22H30N4O/c1-7-16(12-27)26-11-15(5)21-19(26)10-14(4)20(25-21)17-8-9-18(13(2)3)24-22(17)23-6/h8-11,13,16,27H,7,12H2,1-6H3,(H,23,24)/t16-/m1/s1. The minimum atomic E-state index is 0.0770. The summed E-state index contributed by atoms with van der Waals surface area (Å²) in [4.78, 5) is 9.80. The first kappa shape index (κ1) is 19.4. The van der Waals surface area contributed by atoms with E-state index in [9.17, 15) is 5.11 Å². The highest BCUT2D eigenvalue weighted by atomic mass is 16.3. The van der Waals surface area contributed by atoms with Crippen LogP contribution >= 0.6 is 0 Å². The second kappa shape index (κ2) is 7.69. The number of aliphatic hydroxyl groups is 1. The fourth-order valence-electron chi connectivity index (χ4n) is 3.59. The maximum absolute atomic E-state index is 9.73. The second-order valence-corrected chi connectivity index (χ2v) is 7.52. The molecule has 0 aliphatic carbocycles. The molecule has 0 fully saturated rings. The van der Waals surface area contributed by atoms with Gasteiger partial charge in [0.15, 0.2) is 0 Å². The van der Waals surface area contributed by atoms with Crippen molar-refractivity contribution in [3.8, 4) is 11.3 Å². The largest absolute Gasteiger partial charge is 0.394 e. The summed E-state index contributed by atoms with van der Waals surface area (Å²) in [6.07, 6.45) is 2.98. The van der Waals surface area contributed by atoms with Gasteiger partial charge < -0.3 is 15.0 Å². The van der Waals surface area contributed by atoms with E-state index in [1.54, 1.807) is 0 Å².